The Kier molecular flexibility index (Phi) is 2.87. The van der Waals surface area contributed by atoms with Crippen molar-refractivity contribution >= 4 is 5.69 Å². The van der Waals surface area contributed by atoms with Crippen LogP contribution in [0.5, 0.6) is 0 Å². The summed E-state index contributed by atoms with van der Waals surface area (Å²) in [5.74, 6) is 5.19. The van der Waals surface area contributed by atoms with Gasteiger partial charge in [0, 0.05) is 6.54 Å². The van der Waals surface area contributed by atoms with E-state index in [1.54, 1.807) is 6.42 Å². The van der Waals surface area contributed by atoms with E-state index in [0.717, 1.165) is 53.2 Å². The average Bonchev–Trinajstić information content (AvgIpc) is 2.65. The number of aryl methyl sites for hydroxylation is 2. The zero-order valence-electron chi connectivity index (χ0n) is 12.8. The molecule has 4 fully saturated rings. The van der Waals surface area contributed by atoms with E-state index in [0.29, 0.717) is 0 Å². The molecule has 20 heavy (non-hydrogen) atoms. The molecular weight excluding hydrogens is 246 g/mol. The topological polar surface area (TPSA) is 43.8 Å². The van der Waals surface area contributed by atoms with Gasteiger partial charge in [-0.25, -0.2) is 0 Å². The van der Waals surface area contributed by atoms with E-state index < -0.39 is 0 Å². The lowest BCUT2D eigenvalue weighted by atomic mass is 9.51. The van der Waals surface area contributed by atoms with Crippen LogP contribution < -0.4 is 5.73 Å². The molecule has 4 aliphatic rings. The Bertz CT molecular complexity index is 489. The van der Waals surface area contributed by atoms with E-state index in [-0.39, 0.29) is 0 Å². The summed E-state index contributed by atoms with van der Waals surface area (Å²) in [6.45, 7) is 5.19. The van der Waals surface area contributed by atoms with Crippen molar-refractivity contribution in [3.05, 3.63) is 11.4 Å². The van der Waals surface area contributed by atoms with Gasteiger partial charge in [0.25, 0.3) is 0 Å². The van der Waals surface area contributed by atoms with E-state index in [1.807, 2.05) is 6.92 Å². The summed E-state index contributed by atoms with van der Waals surface area (Å²) in [5.41, 5.74) is 9.08. The Morgan fingerprint density at radius 1 is 1.05 bits per heavy atom. The van der Waals surface area contributed by atoms with E-state index in [4.69, 9.17) is 5.73 Å². The number of hydrogen-bond acceptors (Lipinski definition) is 2. The van der Waals surface area contributed by atoms with Gasteiger partial charge in [0.15, 0.2) is 0 Å². The van der Waals surface area contributed by atoms with Crippen LogP contribution >= 0.6 is 0 Å². The summed E-state index contributed by atoms with van der Waals surface area (Å²) < 4.78 is 2.15. The highest BCUT2D eigenvalue weighted by Crippen LogP contribution is 2.57. The van der Waals surface area contributed by atoms with Crippen molar-refractivity contribution in [2.75, 3.05) is 5.73 Å². The van der Waals surface area contributed by atoms with Crippen molar-refractivity contribution in [1.29, 1.82) is 0 Å². The van der Waals surface area contributed by atoms with Crippen LogP contribution in [0.3, 0.4) is 0 Å². The number of nitrogens with zero attached hydrogens (tertiary/aromatic N) is 2. The Morgan fingerprint density at radius 3 is 2.15 bits per heavy atom. The third-order valence-corrected chi connectivity index (χ3v) is 6.53. The van der Waals surface area contributed by atoms with Gasteiger partial charge in [0.05, 0.1) is 17.1 Å². The third-order valence-electron chi connectivity index (χ3n) is 6.53. The van der Waals surface area contributed by atoms with E-state index in [1.165, 1.54) is 32.1 Å². The normalized spacial score (nSPS) is 38.6. The number of anilines is 1. The molecule has 3 heteroatoms. The van der Waals surface area contributed by atoms with Crippen LogP contribution in [-0.2, 0) is 6.54 Å². The molecule has 0 radical (unpaired) electrons. The van der Waals surface area contributed by atoms with Crippen LogP contribution in [-0.4, -0.2) is 9.78 Å². The molecule has 1 aromatic heterocycles. The summed E-state index contributed by atoms with van der Waals surface area (Å²) in [6, 6.07) is 0. The molecule has 0 aliphatic heterocycles. The highest BCUT2D eigenvalue weighted by Gasteiger charge is 2.47. The summed E-state index contributed by atoms with van der Waals surface area (Å²) in [6.07, 6.45) is 8.96. The minimum Gasteiger partial charge on any atom is -0.396 e. The van der Waals surface area contributed by atoms with Gasteiger partial charge in [-0.3, -0.25) is 4.68 Å². The standard InChI is InChI=1S/C17H27N3/c1-10-17(18)11(2)20(19-10)4-3-16-14-6-12-5-13(8-14)9-15(16)7-12/h12-16H,3-9,18H2,1-2H3. The molecule has 1 aromatic rings. The number of nitrogens with two attached hydrogens (primary N) is 1. The predicted molar refractivity (Wildman–Crippen MR) is 81.3 cm³/mol. The second-order valence-corrected chi connectivity index (χ2v) is 7.69. The van der Waals surface area contributed by atoms with Crippen LogP contribution in [0.25, 0.3) is 0 Å². The van der Waals surface area contributed by atoms with Crippen molar-refractivity contribution < 1.29 is 0 Å². The van der Waals surface area contributed by atoms with Gasteiger partial charge in [-0.05, 0) is 82.0 Å². The number of aromatic nitrogens is 2. The van der Waals surface area contributed by atoms with Crippen LogP contribution in [0.15, 0.2) is 0 Å². The van der Waals surface area contributed by atoms with Gasteiger partial charge < -0.3 is 5.73 Å². The summed E-state index contributed by atoms with van der Waals surface area (Å²) in [7, 11) is 0. The molecule has 0 spiro atoms. The molecule has 0 unspecified atom stereocenters. The first kappa shape index (κ1) is 12.7. The van der Waals surface area contributed by atoms with Gasteiger partial charge in [-0.2, -0.15) is 5.10 Å². The second-order valence-electron chi connectivity index (χ2n) is 7.69. The Morgan fingerprint density at radius 2 is 1.65 bits per heavy atom. The Labute approximate surface area is 121 Å². The van der Waals surface area contributed by atoms with Gasteiger partial charge in [-0.1, -0.05) is 0 Å². The van der Waals surface area contributed by atoms with Gasteiger partial charge in [-0.15, -0.1) is 0 Å². The minimum absolute atomic E-state index is 0.884. The molecule has 110 valence electrons. The average molecular weight is 273 g/mol. The molecular formula is C17H27N3. The first-order valence-electron chi connectivity index (χ1n) is 8.41. The zero-order chi connectivity index (χ0) is 13.9. The lowest BCUT2D eigenvalue weighted by molar-refractivity contribution is -0.0414. The molecule has 2 N–H and O–H groups in total. The van der Waals surface area contributed by atoms with Crippen molar-refractivity contribution in [3.63, 3.8) is 0 Å². The van der Waals surface area contributed by atoms with Crippen molar-refractivity contribution in [2.45, 2.75) is 58.9 Å². The maximum absolute atomic E-state index is 6.04. The van der Waals surface area contributed by atoms with Crippen molar-refractivity contribution in [3.8, 4) is 0 Å². The summed E-state index contributed by atoms with van der Waals surface area (Å²) in [4.78, 5) is 0. The van der Waals surface area contributed by atoms with Gasteiger partial charge in [0.2, 0.25) is 0 Å². The molecule has 0 amide bonds. The second kappa shape index (κ2) is 4.51. The number of rotatable bonds is 3. The first-order chi connectivity index (χ1) is 9.61. The van der Waals surface area contributed by atoms with Crippen LogP contribution in [0.1, 0.15) is 49.9 Å². The molecule has 1 heterocycles. The van der Waals surface area contributed by atoms with Crippen molar-refractivity contribution in [1.82, 2.24) is 9.78 Å². The molecule has 4 aliphatic carbocycles. The van der Waals surface area contributed by atoms with Crippen LogP contribution in [0.4, 0.5) is 5.69 Å². The Balaban J connectivity index is 1.46. The highest BCUT2D eigenvalue weighted by atomic mass is 15.3. The fourth-order valence-electron chi connectivity index (χ4n) is 5.71. The predicted octanol–water partition coefficient (Wildman–Crippen LogP) is 3.54. The van der Waals surface area contributed by atoms with Crippen LogP contribution in [0.2, 0.25) is 0 Å². The molecule has 4 bridgehead atoms. The maximum Gasteiger partial charge on any atom is 0.0825 e. The van der Waals surface area contributed by atoms with Crippen molar-refractivity contribution in [2.24, 2.45) is 29.6 Å². The van der Waals surface area contributed by atoms with E-state index in [2.05, 4.69) is 16.7 Å². The largest absolute Gasteiger partial charge is 0.396 e. The monoisotopic (exact) mass is 273 g/mol. The number of hydrogen-bond donors (Lipinski definition) is 1. The van der Waals surface area contributed by atoms with E-state index in [9.17, 15) is 0 Å². The number of nitrogen functional groups attached to an aromatic ring is 1. The molecule has 0 aromatic carbocycles. The van der Waals surface area contributed by atoms with Gasteiger partial charge >= 0.3 is 0 Å². The zero-order valence-corrected chi connectivity index (χ0v) is 12.8. The highest BCUT2D eigenvalue weighted by molar-refractivity contribution is 5.46. The lowest BCUT2D eigenvalue weighted by Gasteiger charge is -2.54. The minimum atomic E-state index is 0.884. The van der Waals surface area contributed by atoms with E-state index >= 15 is 0 Å². The Hall–Kier alpha value is -0.990. The van der Waals surface area contributed by atoms with Gasteiger partial charge in [0.1, 0.15) is 0 Å². The smallest absolute Gasteiger partial charge is 0.0825 e. The molecule has 4 saturated carbocycles. The lowest BCUT2D eigenvalue weighted by Crippen LogP contribution is -2.45. The quantitative estimate of drug-likeness (QED) is 0.915. The SMILES string of the molecule is Cc1nn(CCC2C3CC4CC(C3)CC2C4)c(C)c1N. The molecule has 0 atom stereocenters. The molecule has 5 rings (SSSR count). The summed E-state index contributed by atoms with van der Waals surface area (Å²) >= 11 is 0. The summed E-state index contributed by atoms with van der Waals surface area (Å²) in [5, 5.41) is 4.60. The first-order valence-corrected chi connectivity index (χ1v) is 8.41. The third kappa shape index (κ3) is 1.89. The fraction of sp³-hybridized carbons (Fsp3) is 0.824. The maximum atomic E-state index is 6.04. The molecule has 0 saturated heterocycles. The van der Waals surface area contributed by atoms with Crippen LogP contribution in [0, 0.1) is 43.4 Å². The fourth-order valence-corrected chi connectivity index (χ4v) is 5.71. The molecule has 3 nitrogen and oxygen atoms in total.